The molecular formula is C9H18FNO2. The van der Waals surface area contributed by atoms with Crippen molar-refractivity contribution in [1.29, 1.82) is 0 Å². The Morgan fingerprint density at radius 1 is 1.54 bits per heavy atom. The van der Waals surface area contributed by atoms with Crippen LogP contribution in [0.4, 0.5) is 9.18 Å². The van der Waals surface area contributed by atoms with E-state index in [1.54, 1.807) is 0 Å². The SMILES string of the molecule is CC.COC(=O)N1CCC(C)(F)C1. The molecule has 3 nitrogen and oxygen atoms in total. The van der Waals surface area contributed by atoms with Gasteiger partial charge in [-0.05, 0) is 6.92 Å². The molecule has 0 bridgehead atoms. The number of amides is 1. The number of methoxy groups -OCH3 is 1. The smallest absolute Gasteiger partial charge is 0.409 e. The molecule has 0 aromatic heterocycles. The van der Waals surface area contributed by atoms with Crippen LogP contribution in [0.3, 0.4) is 0 Å². The van der Waals surface area contributed by atoms with E-state index < -0.39 is 11.8 Å². The maximum Gasteiger partial charge on any atom is 0.409 e. The summed E-state index contributed by atoms with van der Waals surface area (Å²) in [4.78, 5) is 12.2. The molecule has 0 saturated carbocycles. The standard InChI is InChI=1S/C7H12FNO2.C2H6/c1-7(8)3-4-9(5-7)6(10)11-2;1-2/h3-5H2,1-2H3;1-2H3. The van der Waals surface area contributed by atoms with Crippen molar-refractivity contribution in [3.63, 3.8) is 0 Å². The third kappa shape index (κ3) is 3.61. The third-order valence-corrected chi connectivity index (χ3v) is 1.86. The summed E-state index contributed by atoms with van der Waals surface area (Å²) in [6, 6.07) is 0. The quantitative estimate of drug-likeness (QED) is 0.587. The second-order valence-electron chi connectivity index (χ2n) is 3.05. The second kappa shape index (κ2) is 5.04. The van der Waals surface area contributed by atoms with E-state index in [0.29, 0.717) is 13.0 Å². The van der Waals surface area contributed by atoms with Crippen molar-refractivity contribution in [2.24, 2.45) is 0 Å². The molecular weight excluding hydrogens is 173 g/mol. The van der Waals surface area contributed by atoms with Gasteiger partial charge in [0.15, 0.2) is 0 Å². The first kappa shape index (κ1) is 12.2. The van der Waals surface area contributed by atoms with Crippen molar-refractivity contribution >= 4 is 6.09 Å². The van der Waals surface area contributed by atoms with Gasteiger partial charge in [-0.25, -0.2) is 9.18 Å². The number of carbonyl (C=O) groups is 1. The molecule has 0 N–H and O–H groups in total. The Morgan fingerprint density at radius 2 is 2.08 bits per heavy atom. The number of rotatable bonds is 0. The Bertz CT molecular complexity index is 171. The summed E-state index contributed by atoms with van der Waals surface area (Å²) in [6.45, 7) is 6.11. The summed E-state index contributed by atoms with van der Waals surface area (Å²) in [5.74, 6) is 0. The molecule has 1 rings (SSSR count). The second-order valence-corrected chi connectivity index (χ2v) is 3.05. The van der Waals surface area contributed by atoms with Gasteiger partial charge < -0.3 is 9.64 Å². The minimum Gasteiger partial charge on any atom is -0.453 e. The van der Waals surface area contributed by atoms with Crippen LogP contribution in [0.5, 0.6) is 0 Å². The number of hydrogen-bond donors (Lipinski definition) is 0. The van der Waals surface area contributed by atoms with Crippen LogP contribution < -0.4 is 0 Å². The highest BCUT2D eigenvalue weighted by atomic mass is 19.1. The van der Waals surface area contributed by atoms with Gasteiger partial charge >= 0.3 is 6.09 Å². The lowest BCUT2D eigenvalue weighted by molar-refractivity contribution is 0.122. The molecule has 1 fully saturated rings. The predicted molar refractivity (Wildman–Crippen MR) is 49.5 cm³/mol. The fourth-order valence-corrected chi connectivity index (χ4v) is 1.21. The molecule has 4 heteroatoms. The Morgan fingerprint density at radius 3 is 2.38 bits per heavy atom. The van der Waals surface area contributed by atoms with E-state index in [9.17, 15) is 9.18 Å². The molecule has 0 spiro atoms. The van der Waals surface area contributed by atoms with Crippen LogP contribution >= 0.6 is 0 Å². The zero-order chi connectivity index (χ0) is 10.5. The van der Waals surface area contributed by atoms with Crippen molar-refractivity contribution in [1.82, 2.24) is 4.90 Å². The first-order valence-corrected chi connectivity index (χ1v) is 4.57. The van der Waals surface area contributed by atoms with Crippen LogP contribution in [0.1, 0.15) is 27.2 Å². The zero-order valence-corrected chi connectivity index (χ0v) is 8.76. The maximum atomic E-state index is 13.1. The minimum atomic E-state index is -1.23. The number of nitrogens with zero attached hydrogens (tertiary/aromatic N) is 1. The lowest BCUT2D eigenvalue weighted by Crippen LogP contribution is -2.31. The lowest BCUT2D eigenvalue weighted by atomic mass is 10.1. The first-order chi connectivity index (χ1) is 6.05. The highest BCUT2D eigenvalue weighted by Crippen LogP contribution is 2.24. The van der Waals surface area contributed by atoms with Gasteiger partial charge in [0.1, 0.15) is 5.67 Å². The molecule has 1 heterocycles. The molecule has 0 aliphatic carbocycles. The fraction of sp³-hybridized carbons (Fsp3) is 0.889. The largest absolute Gasteiger partial charge is 0.453 e. The van der Waals surface area contributed by atoms with E-state index in [-0.39, 0.29) is 6.54 Å². The molecule has 78 valence electrons. The third-order valence-electron chi connectivity index (χ3n) is 1.86. The van der Waals surface area contributed by atoms with Gasteiger partial charge in [0, 0.05) is 13.0 Å². The van der Waals surface area contributed by atoms with Crippen molar-refractivity contribution in [3.05, 3.63) is 0 Å². The highest BCUT2D eigenvalue weighted by Gasteiger charge is 2.36. The number of hydrogen-bond acceptors (Lipinski definition) is 2. The molecule has 1 aliphatic rings. The molecule has 13 heavy (non-hydrogen) atoms. The van der Waals surface area contributed by atoms with Gasteiger partial charge in [0.2, 0.25) is 0 Å². The summed E-state index contributed by atoms with van der Waals surface area (Å²) in [7, 11) is 1.30. The van der Waals surface area contributed by atoms with Crippen LogP contribution in [0.25, 0.3) is 0 Å². The highest BCUT2D eigenvalue weighted by molar-refractivity contribution is 5.67. The van der Waals surface area contributed by atoms with Crippen LogP contribution in [0, 0.1) is 0 Å². The lowest BCUT2D eigenvalue weighted by Gasteiger charge is -2.15. The summed E-state index contributed by atoms with van der Waals surface area (Å²) in [6.07, 6.45) is -0.0337. The van der Waals surface area contributed by atoms with Crippen LogP contribution in [0.15, 0.2) is 0 Å². The normalized spacial score (nSPS) is 26.4. The van der Waals surface area contributed by atoms with Crippen molar-refractivity contribution in [2.75, 3.05) is 20.2 Å². The zero-order valence-electron chi connectivity index (χ0n) is 8.76. The number of ether oxygens (including phenoxy) is 1. The Labute approximate surface area is 78.9 Å². The van der Waals surface area contributed by atoms with Crippen molar-refractivity contribution < 1.29 is 13.9 Å². The van der Waals surface area contributed by atoms with Crippen LogP contribution in [-0.4, -0.2) is 36.9 Å². The van der Waals surface area contributed by atoms with Crippen molar-refractivity contribution in [3.8, 4) is 0 Å². The van der Waals surface area contributed by atoms with E-state index in [1.807, 2.05) is 13.8 Å². The number of carbonyl (C=O) groups excluding carboxylic acids is 1. The first-order valence-electron chi connectivity index (χ1n) is 4.57. The van der Waals surface area contributed by atoms with E-state index in [0.717, 1.165) is 0 Å². The summed E-state index contributed by atoms with van der Waals surface area (Å²) < 4.78 is 17.6. The number of likely N-dealkylation sites (tertiary alicyclic amines) is 1. The van der Waals surface area contributed by atoms with E-state index in [4.69, 9.17) is 0 Å². The number of halogens is 1. The average molecular weight is 191 g/mol. The van der Waals surface area contributed by atoms with Gasteiger partial charge in [-0.15, -0.1) is 0 Å². The van der Waals surface area contributed by atoms with Gasteiger partial charge in [-0.1, -0.05) is 13.8 Å². The molecule has 0 aromatic rings. The predicted octanol–water partition coefficient (Wildman–Crippen LogP) is 2.21. The van der Waals surface area contributed by atoms with Crippen molar-refractivity contribution in [2.45, 2.75) is 32.9 Å². The molecule has 1 amide bonds. The Balaban J connectivity index is 0.000000671. The van der Waals surface area contributed by atoms with Crippen LogP contribution in [-0.2, 0) is 4.74 Å². The van der Waals surface area contributed by atoms with E-state index in [2.05, 4.69) is 4.74 Å². The minimum absolute atomic E-state index is 0.152. The fourth-order valence-electron chi connectivity index (χ4n) is 1.21. The van der Waals surface area contributed by atoms with Gasteiger partial charge in [0.25, 0.3) is 0 Å². The Hall–Kier alpha value is -0.800. The maximum absolute atomic E-state index is 13.1. The average Bonchev–Trinajstić information content (AvgIpc) is 2.48. The van der Waals surface area contributed by atoms with E-state index >= 15 is 0 Å². The molecule has 1 atom stereocenters. The number of alkyl halides is 1. The van der Waals surface area contributed by atoms with E-state index in [1.165, 1.54) is 18.9 Å². The van der Waals surface area contributed by atoms with Crippen LogP contribution in [0.2, 0.25) is 0 Å². The molecule has 0 aromatic carbocycles. The summed E-state index contributed by atoms with van der Waals surface area (Å²) >= 11 is 0. The van der Waals surface area contributed by atoms with Gasteiger partial charge in [0.05, 0.1) is 13.7 Å². The molecule has 1 aliphatic heterocycles. The monoisotopic (exact) mass is 191 g/mol. The van der Waals surface area contributed by atoms with Gasteiger partial charge in [-0.2, -0.15) is 0 Å². The molecule has 1 saturated heterocycles. The summed E-state index contributed by atoms with van der Waals surface area (Å²) in [5.41, 5.74) is -1.23. The molecule has 1 unspecified atom stereocenters. The summed E-state index contributed by atoms with van der Waals surface area (Å²) in [5, 5.41) is 0. The molecule has 0 radical (unpaired) electrons. The Kier molecular flexibility index (Phi) is 4.73. The van der Waals surface area contributed by atoms with Gasteiger partial charge in [-0.3, -0.25) is 0 Å². The topological polar surface area (TPSA) is 29.5 Å².